The third-order valence-corrected chi connectivity index (χ3v) is 4.72. The van der Waals surface area contributed by atoms with E-state index in [0.29, 0.717) is 45.8 Å². The van der Waals surface area contributed by atoms with Crippen LogP contribution < -0.4 is 0 Å². The van der Waals surface area contributed by atoms with E-state index in [0.717, 1.165) is 16.9 Å². The molecule has 2 aromatic rings. The van der Waals surface area contributed by atoms with Gasteiger partial charge in [-0.3, -0.25) is 4.79 Å². The summed E-state index contributed by atoms with van der Waals surface area (Å²) in [6.07, 6.45) is 3.93. The van der Waals surface area contributed by atoms with Gasteiger partial charge in [0.2, 0.25) is 0 Å². The molecule has 6 nitrogen and oxygen atoms in total. The van der Waals surface area contributed by atoms with Crippen molar-refractivity contribution in [3.63, 3.8) is 0 Å². The zero-order valence-corrected chi connectivity index (χ0v) is 16.3. The predicted octanol–water partition coefficient (Wildman–Crippen LogP) is 1.72. The lowest BCUT2D eigenvalue weighted by molar-refractivity contribution is -0.110. The van der Waals surface area contributed by atoms with Crippen LogP contribution in [0, 0.1) is 0 Å². The quantitative estimate of drug-likeness (QED) is 0.320. The van der Waals surface area contributed by atoms with Crippen LogP contribution in [0.25, 0.3) is 0 Å². The van der Waals surface area contributed by atoms with Gasteiger partial charge in [0.05, 0.1) is 32.1 Å². The summed E-state index contributed by atoms with van der Waals surface area (Å²) >= 11 is 1.29. The number of carbonyl (C=O) groups excluding carboxylic acids is 1. The minimum atomic E-state index is 0.142. The van der Waals surface area contributed by atoms with E-state index in [-0.39, 0.29) is 5.12 Å². The summed E-state index contributed by atoms with van der Waals surface area (Å²) < 4.78 is 12.4. The van der Waals surface area contributed by atoms with E-state index in [4.69, 9.17) is 9.47 Å². The zero-order chi connectivity index (χ0) is 18.6. The van der Waals surface area contributed by atoms with E-state index in [2.05, 4.69) is 30.3 Å². The number of hydrogen-bond acceptors (Lipinski definition) is 6. The molecule has 0 aliphatic rings. The average molecular weight is 375 g/mol. The number of carbonyl (C=O) groups is 1. The Labute approximate surface area is 160 Å². The van der Waals surface area contributed by atoms with Crippen LogP contribution in [-0.2, 0) is 33.6 Å². The summed E-state index contributed by atoms with van der Waals surface area (Å²) in [6, 6.07) is 8.14. The molecule has 0 atom stereocenters. The Balaban J connectivity index is 1.65. The van der Waals surface area contributed by atoms with E-state index < -0.39 is 0 Å². The van der Waals surface area contributed by atoms with Crippen molar-refractivity contribution in [3.8, 4) is 0 Å². The number of hydrogen-bond donors (Lipinski definition) is 0. The minimum Gasteiger partial charge on any atom is -0.379 e. The molecule has 0 N–H and O–H groups in total. The molecule has 0 aliphatic heterocycles. The van der Waals surface area contributed by atoms with Crippen molar-refractivity contribution in [2.75, 3.05) is 26.4 Å². The summed E-state index contributed by atoms with van der Waals surface area (Å²) in [4.78, 5) is 13.1. The second-order valence-corrected chi connectivity index (χ2v) is 6.88. The number of nitrogens with zero attached hydrogens (tertiary/aromatic N) is 3. The van der Waals surface area contributed by atoms with Crippen LogP contribution in [0.15, 0.2) is 35.4 Å². The van der Waals surface area contributed by atoms with Crippen LogP contribution in [0.3, 0.4) is 0 Å². The van der Waals surface area contributed by atoms with Gasteiger partial charge in [-0.25, -0.2) is 4.68 Å². The molecular weight excluding hydrogens is 349 g/mol. The Hall–Kier alpha value is -1.64. The van der Waals surface area contributed by atoms with E-state index >= 15 is 0 Å². The Kier molecular flexibility index (Phi) is 9.45. The van der Waals surface area contributed by atoms with E-state index in [1.54, 1.807) is 4.68 Å². The Morgan fingerprint density at radius 2 is 1.96 bits per heavy atom. The highest BCUT2D eigenvalue weighted by molar-refractivity contribution is 8.13. The van der Waals surface area contributed by atoms with Crippen molar-refractivity contribution in [2.45, 2.75) is 37.5 Å². The fourth-order valence-corrected chi connectivity index (χ4v) is 3.03. The highest BCUT2D eigenvalue weighted by Crippen LogP contribution is 2.21. The van der Waals surface area contributed by atoms with E-state index in [9.17, 15) is 4.79 Å². The summed E-state index contributed by atoms with van der Waals surface area (Å²) in [6.45, 7) is 5.07. The van der Waals surface area contributed by atoms with Gasteiger partial charge in [0, 0.05) is 30.5 Å². The van der Waals surface area contributed by atoms with Gasteiger partial charge >= 0.3 is 0 Å². The lowest BCUT2D eigenvalue weighted by Crippen LogP contribution is -2.10. The maximum Gasteiger partial charge on any atom is 0.194 e. The van der Waals surface area contributed by atoms with E-state index in [1.165, 1.54) is 17.3 Å². The third kappa shape index (κ3) is 7.72. The molecule has 0 saturated carbocycles. The second-order valence-electron chi connectivity index (χ2n) is 5.75. The molecule has 2 rings (SSSR count). The van der Waals surface area contributed by atoms with Gasteiger partial charge in [0.1, 0.15) is 7.85 Å². The van der Waals surface area contributed by atoms with Crippen LogP contribution in [0.5, 0.6) is 0 Å². The molecule has 26 heavy (non-hydrogen) atoms. The lowest BCUT2D eigenvalue weighted by Gasteiger charge is -2.03. The van der Waals surface area contributed by atoms with Crippen molar-refractivity contribution in [2.24, 2.45) is 0 Å². The van der Waals surface area contributed by atoms with Crippen LogP contribution in [-0.4, -0.2) is 54.4 Å². The van der Waals surface area contributed by atoms with Crippen molar-refractivity contribution in [1.82, 2.24) is 15.0 Å². The largest absolute Gasteiger partial charge is 0.379 e. The van der Waals surface area contributed by atoms with Crippen LogP contribution >= 0.6 is 11.8 Å². The number of thioether (sulfide) groups is 1. The highest BCUT2D eigenvalue weighted by atomic mass is 32.2. The number of aryl methyl sites for hydroxylation is 1. The van der Waals surface area contributed by atoms with Crippen LogP contribution in [0.2, 0.25) is 0 Å². The molecule has 0 unspecified atom stereocenters. The van der Waals surface area contributed by atoms with Crippen molar-refractivity contribution >= 4 is 24.7 Å². The number of benzene rings is 1. The smallest absolute Gasteiger partial charge is 0.194 e. The van der Waals surface area contributed by atoms with E-state index in [1.807, 2.05) is 25.3 Å². The molecule has 0 bridgehead atoms. The topological polar surface area (TPSA) is 66.2 Å². The molecule has 0 aliphatic carbocycles. The molecule has 1 aromatic carbocycles. The van der Waals surface area contributed by atoms with Gasteiger partial charge in [0.25, 0.3) is 0 Å². The van der Waals surface area contributed by atoms with Crippen molar-refractivity contribution in [3.05, 3.63) is 41.7 Å². The summed E-state index contributed by atoms with van der Waals surface area (Å²) in [5, 5.41) is 8.33. The maximum absolute atomic E-state index is 12.1. The first-order valence-electron chi connectivity index (χ1n) is 9.05. The zero-order valence-electron chi connectivity index (χ0n) is 15.5. The normalized spacial score (nSPS) is 11.0. The summed E-state index contributed by atoms with van der Waals surface area (Å²) in [5.41, 5.74) is 2.11. The van der Waals surface area contributed by atoms with Gasteiger partial charge in [-0.2, -0.15) is 0 Å². The molecule has 1 heterocycles. The van der Waals surface area contributed by atoms with Gasteiger partial charge < -0.3 is 9.47 Å². The van der Waals surface area contributed by atoms with Crippen LogP contribution in [0.1, 0.15) is 24.6 Å². The van der Waals surface area contributed by atoms with Crippen molar-refractivity contribution < 1.29 is 14.3 Å². The Morgan fingerprint density at radius 3 is 2.69 bits per heavy atom. The monoisotopic (exact) mass is 375 g/mol. The molecule has 0 radical (unpaired) electrons. The predicted molar refractivity (Wildman–Crippen MR) is 105 cm³/mol. The van der Waals surface area contributed by atoms with Crippen LogP contribution in [0.4, 0.5) is 0 Å². The first kappa shape index (κ1) is 20.7. The summed E-state index contributed by atoms with van der Waals surface area (Å²) in [7, 11) is 2.12. The molecule has 140 valence electrons. The SMILES string of the molecule is BCc1ccc(SC(=O)CCc2cn(CCOCCOCC)nn2)cc1. The van der Waals surface area contributed by atoms with Gasteiger partial charge in [-0.1, -0.05) is 41.0 Å². The van der Waals surface area contributed by atoms with Crippen molar-refractivity contribution in [1.29, 1.82) is 0 Å². The molecule has 0 spiro atoms. The first-order valence-corrected chi connectivity index (χ1v) is 9.87. The molecule has 0 amide bonds. The first-order chi connectivity index (χ1) is 12.7. The summed E-state index contributed by atoms with van der Waals surface area (Å²) in [5.74, 6) is 0. The number of ether oxygens (including phenoxy) is 2. The maximum atomic E-state index is 12.1. The number of aromatic nitrogens is 3. The molecule has 0 fully saturated rings. The minimum absolute atomic E-state index is 0.142. The standard InChI is InChI=1S/C18H26BN3O3S/c1-2-24-11-12-25-10-9-22-14-16(20-21-22)5-8-18(23)26-17-6-3-15(13-19)4-7-17/h3-4,6-7,14H,2,5,8-13,19H2,1H3. The van der Waals surface area contributed by atoms with Gasteiger partial charge in [-0.05, 0) is 19.1 Å². The Morgan fingerprint density at radius 1 is 1.19 bits per heavy atom. The molecular formula is C18H26BN3O3S. The lowest BCUT2D eigenvalue weighted by atomic mass is 9.97. The molecule has 1 aromatic heterocycles. The number of rotatable bonds is 12. The highest BCUT2D eigenvalue weighted by Gasteiger charge is 2.08. The van der Waals surface area contributed by atoms with Gasteiger partial charge in [-0.15, -0.1) is 5.10 Å². The average Bonchev–Trinajstić information content (AvgIpc) is 3.11. The molecule has 0 saturated heterocycles. The fourth-order valence-electron chi connectivity index (χ4n) is 2.29. The molecule has 8 heteroatoms. The third-order valence-electron chi connectivity index (χ3n) is 3.78. The van der Waals surface area contributed by atoms with Gasteiger partial charge in [0.15, 0.2) is 5.12 Å². The Bertz CT molecular complexity index is 664. The fraction of sp³-hybridized carbons (Fsp3) is 0.500. The second kappa shape index (κ2) is 11.9.